The van der Waals surface area contributed by atoms with Crippen LogP contribution in [-0.2, 0) is 19.5 Å². The predicted molar refractivity (Wildman–Crippen MR) is 48.9 cm³/mol. The molecular weight excluding hydrogens is 238 g/mol. The van der Waals surface area contributed by atoms with Crippen LogP contribution in [0.1, 0.15) is 0 Å². The Morgan fingerprint density at radius 1 is 0.909 bits per heavy atom. The number of nitrogens with two attached hydrogens (primary N) is 2. The molecule has 0 aliphatic carbocycles. The molecule has 0 rings (SSSR count). The maximum atomic E-state index is 7.13. The van der Waals surface area contributed by atoms with Crippen LogP contribution in [0.4, 0.5) is 0 Å². The van der Waals surface area contributed by atoms with Crippen LogP contribution in [0.3, 0.4) is 0 Å². The van der Waals surface area contributed by atoms with Crippen molar-refractivity contribution in [3.63, 3.8) is 0 Å². The van der Waals surface area contributed by atoms with Gasteiger partial charge < -0.3 is 34.2 Å². The first kappa shape index (κ1) is 30.5. The molecule has 0 aliphatic rings. The molecule has 0 aliphatic heterocycles. The maximum Gasteiger partial charge on any atom is 0 e. The van der Waals surface area contributed by atoms with Crippen LogP contribution in [0.5, 0.6) is 0 Å². The molecule has 0 saturated heterocycles. The van der Waals surface area contributed by atoms with Gasteiger partial charge in [-0.2, -0.15) is 10.3 Å². The van der Waals surface area contributed by atoms with E-state index in [9.17, 15) is 0 Å². The molecule has 6 nitrogen and oxygen atoms in total. The van der Waals surface area contributed by atoms with E-state index >= 15 is 0 Å². The number of isothiocyanates is 2. The number of nitrogens with zero attached hydrogens (tertiary/aromatic N) is 2. The Labute approximate surface area is 88.4 Å². The first-order valence-corrected chi connectivity index (χ1v) is 2.25. The average Bonchev–Trinajstić information content (AvgIpc) is 1.99. The van der Waals surface area contributed by atoms with E-state index in [4.69, 9.17) is 22.5 Å². The fraction of sp³-hybridized carbons (Fsp3) is 0. The van der Waals surface area contributed by atoms with E-state index < -0.39 is 0 Å². The van der Waals surface area contributed by atoms with Crippen molar-refractivity contribution in [2.75, 3.05) is 0 Å². The molecule has 0 heterocycles. The predicted octanol–water partition coefficient (Wildman–Crippen LogP) is 1.14. The molecule has 0 spiro atoms. The molecule has 0 aromatic rings. The zero-order chi connectivity index (χ0) is 9.41. The van der Waals surface area contributed by atoms with Gasteiger partial charge in [0.2, 0.25) is 0 Å². The molecule has 0 aromatic heterocycles. The summed E-state index contributed by atoms with van der Waals surface area (Å²) in [4.78, 5) is 0. The number of thiocarbonyl (C=S) groups is 2. The Bertz CT molecular complexity index is 72.6. The molecule has 0 bridgehead atoms. The second kappa shape index (κ2) is 194. The smallest absolute Gasteiger partial charge is 0 e. The summed E-state index contributed by atoms with van der Waals surface area (Å²) in [6.07, 6.45) is 0. The Morgan fingerprint density at radius 3 is 0.909 bits per heavy atom. The van der Waals surface area contributed by atoms with Crippen LogP contribution < -0.4 is 11.7 Å². The van der Waals surface area contributed by atoms with Crippen molar-refractivity contribution in [1.82, 2.24) is 0 Å². The Balaban J connectivity index is -0.0000000144. The normalized spacial score (nSPS) is 2.55. The van der Waals surface area contributed by atoms with Gasteiger partial charge in [0.1, 0.15) is 0 Å². The van der Waals surface area contributed by atoms with Crippen LogP contribution in [0.2, 0.25) is 0 Å². The monoisotopic (exact) mass is 242 g/mol. The van der Waals surface area contributed by atoms with Crippen molar-refractivity contribution in [3.8, 4) is 0 Å². The standard InChI is InChI=1S/2CNS.2H3N2.Zn/c2*2-1-3;2*1-2;/h;;2*1H,2H2;/q4*-1;. The molecule has 0 fully saturated rings. The van der Waals surface area contributed by atoms with Crippen molar-refractivity contribution < 1.29 is 19.5 Å². The van der Waals surface area contributed by atoms with Crippen LogP contribution in [-0.4, -0.2) is 10.3 Å². The zero-order valence-corrected chi connectivity index (χ0v) is 10.2. The van der Waals surface area contributed by atoms with Crippen molar-refractivity contribution in [1.29, 1.82) is 0 Å². The molecule has 0 saturated carbocycles. The van der Waals surface area contributed by atoms with Crippen molar-refractivity contribution in [2.24, 2.45) is 11.7 Å². The van der Waals surface area contributed by atoms with E-state index in [1.54, 1.807) is 0 Å². The number of rotatable bonds is 0. The third-order valence-electron chi connectivity index (χ3n) is 0. The van der Waals surface area contributed by atoms with Gasteiger partial charge in [0.15, 0.2) is 0 Å². The summed E-state index contributed by atoms with van der Waals surface area (Å²) < 4.78 is 0. The first-order chi connectivity index (χ1) is 4.83. The molecule has 11 heavy (non-hydrogen) atoms. The minimum Gasteiger partial charge on any atom is -0.753 e. The second-order valence-corrected chi connectivity index (χ2v) is 0.548. The molecule has 62 valence electrons. The summed E-state index contributed by atoms with van der Waals surface area (Å²) in [5.41, 5.74) is 0. The third-order valence-corrected chi connectivity index (χ3v) is 0. The topological polar surface area (TPSA) is 144 Å². The van der Waals surface area contributed by atoms with E-state index in [0.29, 0.717) is 0 Å². The van der Waals surface area contributed by atoms with Gasteiger partial charge in [0.05, 0.1) is 0 Å². The number of hydrogen-bond acceptors (Lipinski definition) is 4. The van der Waals surface area contributed by atoms with Gasteiger partial charge in [-0.25, -0.2) is 0 Å². The third kappa shape index (κ3) is 163000. The minimum absolute atomic E-state index is 0. The van der Waals surface area contributed by atoms with E-state index in [-0.39, 0.29) is 19.5 Å². The van der Waals surface area contributed by atoms with E-state index in [2.05, 4.69) is 36.1 Å². The fourth-order valence-corrected chi connectivity index (χ4v) is 0. The van der Waals surface area contributed by atoms with Gasteiger partial charge in [-0.05, 0) is 0 Å². The fourth-order valence-electron chi connectivity index (χ4n) is 0. The molecule has 0 amide bonds. The molecule has 0 atom stereocenters. The quantitative estimate of drug-likeness (QED) is 0.216. The number of nitrogens with one attached hydrogen (secondary N) is 2. The van der Waals surface area contributed by atoms with E-state index in [1.165, 1.54) is 10.3 Å². The minimum atomic E-state index is 0. The molecule has 0 unspecified atom stereocenters. The SMILES string of the molecule is [N-]=C=S.[N-]=C=S.[NH-]N.[NH-]N.[Zn]. The summed E-state index contributed by atoms with van der Waals surface area (Å²) in [5, 5.41) is 16.9. The average molecular weight is 244 g/mol. The first-order valence-electron chi connectivity index (χ1n) is 1.43. The van der Waals surface area contributed by atoms with Gasteiger partial charge in [0.25, 0.3) is 0 Å². The Morgan fingerprint density at radius 2 is 0.909 bits per heavy atom. The molecule has 0 radical (unpaired) electrons. The molecule has 6 N–H and O–H groups in total. The van der Waals surface area contributed by atoms with Crippen molar-refractivity contribution >= 4 is 34.8 Å². The van der Waals surface area contributed by atoms with Gasteiger partial charge in [-0.15, -0.1) is 0 Å². The van der Waals surface area contributed by atoms with Gasteiger partial charge in [-0.3, -0.25) is 0 Å². The van der Waals surface area contributed by atoms with Crippen LogP contribution in [0.25, 0.3) is 22.5 Å². The zero-order valence-electron chi connectivity index (χ0n) is 5.57. The molecular formula is C2H6N6S2Zn-4. The van der Waals surface area contributed by atoms with E-state index in [0.717, 1.165) is 0 Å². The van der Waals surface area contributed by atoms with Crippen LogP contribution >= 0.6 is 24.4 Å². The second-order valence-electron chi connectivity index (χ2n) is 0.183. The largest absolute Gasteiger partial charge is 0.753 e. The molecule has 9 heteroatoms. The van der Waals surface area contributed by atoms with Gasteiger partial charge in [-0.1, -0.05) is 24.4 Å². The summed E-state index contributed by atoms with van der Waals surface area (Å²) >= 11 is 7.40. The Kier molecular flexibility index (Phi) is 538. The molecule has 0 aromatic carbocycles. The Hall–Kier alpha value is 0.0634. The van der Waals surface area contributed by atoms with E-state index in [1.807, 2.05) is 0 Å². The van der Waals surface area contributed by atoms with Gasteiger partial charge in [0, 0.05) is 19.5 Å². The van der Waals surface area contributed by atoms with Crippen molar-refractivity contribution in [3.05, 3.63) is 22.5 Å². The van der Waals surface area contributed by atoms with Crippen molar-refractivity contribution in [2.45, 2.75) is 0 Å². The summed E-state index contributed by atoms with van der Waals surface area (Å²) in [6, 6.07) is 0. The van der Waals surface area contributed by atoms with Crippen LogP contribution in [0.15, 0.2) is 0 Å². The number of hydrogen-bond donors (Lipinski definition) is 2. The van der Waals surface area contributed by atoms with Gasteiger partial charge >= 0.3 is 0 Å². The maximum absolute atomic E-state index is 7.13. The summed E-state index contributed by atoms with van der Waals surface area (Å²) in [5.74, 6) is 18.0. The summed E-state index contributed by atoms with van der Waals surface area (Å²) in [6.45, 7) is 0. The summed E-state index contributed by atoms with van der Waals surface area (Å²) in [7, 11) is 0. The van der Waals surface area contributed by atoms with Crippen LogP contribution in [0, 0.1) is 0 Å².